The van der Waals surface area contributed by atoms with Gasteiger partial charge in [-0.25, -0.2) is 0 Å². The van der Waals surface area contributed by atoms with Crippen molar-refractivity contribution in [1.29, 1.82) is 0 Å². The number of esters is 1. The third kappa shape index (κ3) is 7.15. The lowest BCUT2D eigenvalue weighted by atomic mass is 10.1. The molecule has 0 unspecified atom stereocenters. The maximum atomic E-state index is 13.0. The van der Waals surface area contributed by atoms with Gasteiger partial charge in [0, 0.05) is 18.0 Å². The van der Waals surface area contributed by atoms with E-state index in [0.717, 1.165) is 6.07 Å². The Balaban J connectivity index is 1.72. The summed E-state index contributed by atoms with van der Waals surface area (Å²) >= 11 is 5.56. The van der Waals surface area contributed by atoms with Crippen molar-refractivity contribution in [1.82, 2.24) is 5.32 Å². The second kappa shape index (κ2) is 9.97. The second-order valence-corrected chi connectivity index (χ2v) is 6.17. The molecule has 1 heterocycles. The molecule has 0 radical (unpaired) electrons. The molecular formula is C18H16ClF3N2O5. The van der Waals surface area contributed by atoms with E-state index in [2.05, 4.69) is 5.32 Å². The van der Waals surface area contributed by atoms with E-state index in [9.17, 15) is 27.6 Å². The molecule has 1 aromatic heterocycles. The number of ether oxygens (including phenoxy) is 1. The quantitative estimate of drug-likeness (QED) is 0.490. The number of anilines is 1. The Morgan fingerprint density at radius 3 is 2.59 bits per heavy atom. The Bertz CT molecular complexity index is 869. The first kappa shape index (κ1) is 22.3. The topological polar surface area (TPSA) is 97.6 Å². The van der Waals surface area contributed by atoms with Gasteiger partial charge in [0.05, 0.1) is 17.5 Å². The summed E-state index contributed by atoms with van der Waals surface area (Å²) in [6.45, 7) is -0.585. The Morgan fingerprint density at radius 1 is 1.17 bits per heavy atom. The van der Waals surface area contributed by atoms with Crippen molar-refractivity contribution >= 4 is 35.1 Å². The molecule has 11 heteroatoms. The summed E-state index contributed by atoms with van der Waals surface area (Å²) in [4.78, 5) is 35.0. The van der Waals surface area contributed by atoms with Crippen LogP contribution < -0.4 is 10.6 Å². The number of furan rings is 1. The summed E-state index contributed by atoms with van der Waals surface area (Å²) in [6.07, 6.45) is -3.23. The fourth-order valence-corrected chi connectivity index (χ4v) is 2.37. The van der Waals surface area contributed by atoms with Crippen LogP contribution in [0.2, 0.25) is 5.02 Å². The minimum absolute atomic E-state index is 0.0968. The Labute approximate surface area is 168 Å². The summed E-state index contributed by atoms with van der Waals surface area (Å²) in [5, 5.41) is 4.42. The lowest BCUT2D eigenvalue weighted by Crippen LogP contribution is -2.25. The van der Waals surface area contributed by atoms with E-state index < -0.39 is 41.8 Å². The molecule has 7 nitrogen and oxygen atoms in total. The summed E-state index contributed by atoms with van der Waals surface area (Å²) in [7, 11) is 0. The van der Waals surface area contributed by atoms with Gasteiger partial charge in [-0.3, -0.25) is 14.4 Å². The molecule has 0 aliphatic heterocycles. The van der Waals surface area contributed by atoms with Gasteiger partial charge < -0.3 is 19.8 Å². The first-order valence-corrected chi connectivity index (χ1v) is 8.68. The van der Waals surface area contributed by atoms with Crippen molar-refractivity contribution in [3.8, 4) is 0 Å². The van der Waals surface area contributed by atoms with E-state index in [1.165, 1.54) is 18.4 Å². The third-order valence-corrected chi connectivity index (χ3v) is 3.75. The second-order valence-electron chi connectivity index (χ2n) is 5.73. The third-order valence-electron chi connectivity index (χ3n) is 3.51. The highest BCUT2D eigenvalue weighted by Crippen LogP contribution is 2.36. The molecule has 0 atom stereocenters. The monoisotopic (exact) mass is 432 g/mol. The maximum absolute atomic E-state index is 13.0. The first-order chi connectivity index (χ1) is 13.7. The van der Waals surface area contributed by atoms with Gasteiger partial charge in [-0.05, 0) is 36.8 Å². The lowest BCUT2D eigenvalue weighted by Gasteiger charge is -2.14. The van der Waals surface area contributed by atoms with Gasteiger partial charge in [-0.15, -0.1) is 0 Å². The number of carbonyl (C=O) groups is 3. The molecule has 2 N–H and O–H groups in total. The number of rotatable bonds is 8. The molecule has 0 fully saturated rings. The van der Waals surface area contributed by atoms with Crippen LogP contribution in [-0.2, 0) is 20.5 Å². The summed E-state index contributed by atoms with van der Waals surface area (Å²) in [5.41, 5.74) is -1.61. The Morgan fingerprint density at radius 2 is 1.93 bits per heavy atom. The van der Waals surface area contributed by atoms with Crippen molar-refractivity contribution < 1.29 is 36.7 Å². The van der Waals surface area contributed by atoms with Gasteiger partial charge in [-0.1, -0.05) is 11.6 Å². The molecule has 2 rings (SSSR count). The zero-order valence-corrected chi connectivity index (χ0v) is 15.6. The predicted octanol–water partition coefficient (Wildman–Crippen LogP) is 3.64. The predicted molar refractivity (Wildman–Crippen MR) is 96.3 cm³/mol. The molecule has 0 saturated heterocycles. The minimum atomic E-state index is -4.72. The van der Waals surface area contributed by atoms with E-state index in [4.69, 9.17) is 20.8 Å². The van der Waals surface area contributed by atoms with Gasteiger partial charge in [-0.2, -0.15) is 13.2 Å². The van der Waals surface area contributed by atoms with Crippen LogP contribution >= 0.6 is 11.6 Å². The molecule has 0 saturated carbocycles. The number of halogens is 4. The molecule has 0 spiro atoms. The molecule has 156 valence electrons. The van der Waals surface area contributed by atoms with Crippen LogP contribution in [0.15, 0.2) is 41.0 Å². The molecule has 0 aliphatic carbocycles. The SMILES string of the molecule is O=C(COC(=O)CCCNC(=O)c1ccco1)Nc1ccc(Cl)cc1C(F)(F)F. The molecule has 2 amide bonds. The first-order valence-electron chi connectivity index (χ1n) is 8.30. The number of alkyl halides is 3. The fourth-order valence-electron chi connectivity index (χ4n) is 2.19. The molecule has 0 bridgehead atoms. The highest BCUT2D eigenvalue weighted by atomic mass is 35.5. The maximum Gasteiger partial charge on any atom is 0.418 e. The molecule has 2 aromatic rings. The van der Waals surface area contributed by atoms with Crippen molar-refractivity contribution in [2.45, 2.75) is 19.0 Å². The number of hydrogen-bond donors (Lipinski definition) is 2. The van der Waals surface area contributed by atoms with Gasteiger partial charge >= 0.3 is 12.1 Å². The van der Waals surface area contributed by atoms with Crippen molar-refractivity contribution in [3.05, 3.63) is 52.9 Å². The normalized spacial score (nSPS) is 11.0. The van der Waals surface area contributed by atoms with Crippen LogP contribution in [0.4, 0.5) is 18.9 Å². The van der Waals surface area contributed by atoms with Crippen molar-refractivity contribution in [2.75, 3.05) is 18.5 Å². The highest BCUT2D eigenvalue weighted by Gasteiger charge is 2.34. The number of carbonyl (C=O) groups excluding carboxylic acids is 3. The van der Waals surface area contributed by atoms with Crippen LogP contribution in [0, 0.1) is 0 Å². The zero-order chi connectivity index (χ0) is 21.4. The van der Waals surface area contributed by atoms with Crippen LogP contribution in [0.25, 0.3) is 0 Å². The minimum Gasteiger partial charge on any atom is -0.459 e. The van der Waals surface area contributed by atoms with Crippen LogP contribution in [0.1, 0.15) is 29.0 Å². The molecular weight excluding hydrogens is 417 g/mol. The van der Waals surface area contributed by atoms with Gasteiger partial charge in [0.25, 0.3) is 11.8 Å². The van der Waals surface area contributed by atoms with E-state index in [0.29, 0.717) is 6.07 Å². The van der Waals surface area contributed by atoms with Crippen molar-refractivity contribution in [2.24, 2.45) is 0 Å². The molecule has 0 aliphatic rings. The van der Waals surface area contributed by atoms with Gasteiger partial charge in [0.15, 0.2) is 12.4 Å². The van der Waals surface area contributed by atoms with Crippen molar-refractivity contribution in [3.63, 3.8) is 0 Å². The smallest absolute Gasteiger partial charge is 0.418 e. The molecule has 29 heavy (non-hydrogen) atoms. The van der Waals surface area contributed by atoms with E-state index in [-0.39, 0.29) is 30.2 Å². The van der Waals surface area contributed by atoms with E-state index in [1.54, 1.807) is 6.07 Å². The van der Waals surface area contributed by atoms with Crippen LogP contribution in [0.5, 0.6) is 0 Å². The number of amides is 2. The van der Waals surface area contributed by atoms with Gasteiger partial charge in [0.1, 0.15) is 0 Å². The largest absolute Gasteiger partial charge is 0.459 e. The highest BCUT2D eigenvalue weighted by molar-refractivity contribution is 6.30. The lowest BCUT2D eigenvalue weighted by molar-refractivity contribution is -0.147. The fraction of sp³-hybridized carbons (Fsp3) is 0.278. The standard InChI is InChI=1S/C18H16ClF3N2O5/c19-11-5-6-13(12(9-11)18(20,21)22)24-15(25)10-29-16(26)4-1-7-23-17(27)14-3-2-8-28-14/h2-3,5-6,8-9H,1,4,7,10H2,(H,23,27)(H,24,25). The Kier molecular flexibility index (Phi) is 7.66. The van der Waals surface area contributed by atoms with Gasteiger partial charge in [0.2, 0.25) is 0 Å². The zero-order valence-electron chi connectivity index (χ0n) is 14.8. The summed E-state index contributed by atoms with van der Waals surface area (Å²) < 4.78 is 48.6. The summed E-state index contributed by atoms with van der Waals surface area (Å²) in [6, 6.07) is 5.91. The summed E-state index contributed by atoms with van der Waals surface area (Å²) in [5.74, 6) is -1.98. The van der Waals surface area contributed by atoms with Crippen LogP contribution in [0.3, 0.4) is 0 Å². The number of hydrogen-bond acceptors (Lipinski definition) is 5. The Hall–Kier alpha value is -3.01. The van der Waals surface area contributed by atoms with Crippen LogP contribution in [-0.4, -0.2) is 30.9 Å². The molecule has 1 aromatic carbocycles. The van der Waals surface area contributed by atoms with E-state index >= 15 is 0 Å². The number of nitrogens with one attached hydrogen (secondary N) is 2. The number of benzene rings is 1. The van der Waals surface area contributed by atoms with E-state index in [1.807, 2.05) is 5.32 Å². The average molecular weight is 433 g/mol. The average Bonchev–Trinajstić information content (AvgIpc) is 3.19.